The number of aromatic nitrogens is 1. The number of hydrogen-bond donors (Lipinski definition) is 1. The molecule has 1 aromatic heterocycles. The van der Waals surface area contributed by atoms with Crippen LogP contribution in [0.25, 0.3) is 11.1 Å². The summed E-state index contributed by atoms with van der Waals surface area (Å²) in [5.41, 5.74) is 7.50. The van der Waals surface area contributed by atoms with Crippen molar-refractivity contribution in [3.05, 3.63) is 35.8 Å². The fourth-order valence-electron chi connectivity index (χ4n) is 1.80. The first-order valence-electron chi connectivity index (χ1n) is 5.73. The molecule has 0 aliphatic carbocycles. The predicted octanol–water partition coefficient (Wildman–Crippen LogP) is 3.41. The second-order valence-electron chi connectivity index (χ2n) is 3.95. The maximum atomic E-state index is 13.7. The number of rotatable bonds is 4. The number of hydrogen-bond acceptors (Lipinski definition) is 3. The summed E-state index contributed by atoms with van der Waals surface area (Å²) in [6.07, 6.45) is 2.78. The maximum Gasteiger partial charge on any atom is 0.230 e. The predicted molar refractivity (Wildman–Crippen MR) is 64.9 cm³/mol. The van der Waals surface area contributed by atoms with Crippen molar-refractivity contribution in [1.29, 1.82) is 0 Å². The van der Waals surface area contributed by atoms with Gasteiger partial charge in [-0.15, -0.1) is 0 Å². The Morgan fingerprint density at radius 1 is 1.35 bits per heavy atom. The number of nitrogen functional groups attached to an aromatic ring is 1. The van der Waals surface area contributed by atoms with E-state index in [0.29, 0.717) is 11.1 Å². The molecule has 0 aliphatic rings. The van der Waals surface area contributed by atoms with E-state index in [-0.39, 0.29) is 11.7 Å². The average Bonchev–Trinajstić information content (AvgIpc) is 2.69. The van der Waals surface area contributed by atoms with Gasteiger partial charge < -0.3 is 10.3 Å². The van der Waals surface area contributed by atoms with Crippen LogP contribution in [-0.4, -0.2) is 5.16 Å². The first-order chi connectivity index (χ1) is 8.24. The van der Waals surface area contributed by atoms with Crippen molar-refractivity contribution in [3.8, 4) is 11.1 Å². The molecule has 1 heterocycles. The van der Waals surface area contributed by atoms with Crippen LogP contribution >= 0.6 is 0 Å². The summed E-state index contributed by atoms with van der Waals surface area (Å²) in [5, 5.41) is 3.90. The Morgan fingerprint density at radius 2 is 2.12 bits per heavy atom. The van der Waals surface area contributed by atoms with Crippen LogP contribution in [0.5, 0.6) is 0 Å². The SMILES string of the molecule is CCCCc1noc(N)c1-c1ccccc1F. The normalized spacial score (nSPS) is 10.7. The zero-order valence-corrected chi connectivity index (χ0v) is 9.74. The van der Waals surface area contributed by atoms with Crippen LogP contribution in [0.2, 0.25) is 0 Å². The lowest BCUT2D eigenvalue weighted by Crippen LogP contribution is -1.93. The van der Waals surface area contributed by atoms with E-state index < -0.39 is 0 Å². The Kier molecular flexibility index (Phi) is 3.42. The minimum atomic E-state index is -0.305. The molecule has 0 spiro atoms. The molecule has 0 radical (unpaired) electrons. The minimum absolute atomic E-state index is 0.182. The molecule has 2 N–H and O–H groups in total. The molecule has 0 fully saturated rings. The van der Waals surface area contributed by atoms with Gasteiger partial charge in [-0.05, 0) is 18.9 Å². The molecule has 3 nitrogen and oxygen atoms in total. The summed E-state index contributed by atoms with van der Waals surface area (Å²) < 4.78 is 18.7. The number of halogens is 1. The summed E-state index contributed by atoms with van der Waals surface area (Å²) in [6.45, 7) is 2.09. The highest BCUT2D eigenvalue weighted by Gasteiger charge is 2.17. The van der Waals surface area contributed by atoms with Crippen molar-refractivity contribution in [2.45, 2.75) is 26.2 Å². The van der Waals surface area contributed by atoms with Gasteiger partial charge in [0.15, 0.2) is 0 Å². The van der Waals surface area contributed by atoms with E-state index >= 15 is 0 Å². The molecule has 0 saturated carbocycles. The van der Waals surface area contributed by atoms with Crippen LogP contribution in [0.3, 0.4) is 0 Å². The van der Waals surface area contributed by atoms with Gasteiger partial charge in [0.05, 0.1) is 11.3 Å². The molecule has 0 unspecified atom stereocenters. The molecule has 17 heavy (non-hydrogen) atoms. The lowest BCUT2D eigenvalue weighted by Gasteiger charge is -2.03. The van der Waals surface area contributed by atoms with Crippen LogP contribution < -0.4 is 5.73 Å². The highest BCUT2D eigenvalue weighted by molar-refractivity contribution is 5.75. The van der Waals surface area contributed by atoms with Gasteiger partial charge in [-0.1, -0.05) is 36.7 Å². The van der Waals surface area contributed by atoms with Gasteiger partial charge in [-0.25, -0.2) is 4.39 Å². The molecule has 2 aromatic rings. The number of nitrogens with two attached hydrogens (primary N) is 1. The van der Waals surface area contributed by atoms with Crippen LogP contribution in [0.1, 0.15) is 25.5 Å². The van der Waals surface area contributed by atoms with Crippen LogP contribution in [0.4, 0.5) is 10.3 Å². The highest BCUT2D eigenvalue weighted by Crippen LogP contribution is 2.32. The standard InChI is InChI=1S/C13H15FN2O/c1-2-3-8-11-12(13(15)17-16-11)9-6-4-5-7-10(9)14/h4-7H,2-3,8,15H2,1H3. The summed E-state index contributed by atoms with van der Waals surface area (Å²) in [6, 6.07) is 6.52. The second-order valence-corrected chi connectivity index (χ2v) is 3.95. The molecular weight excluding hydrogens is 219 g/mol. The van der Waals surface area contributed by atoms with Crippen molar-refractivity contribution in [3.63, 3.8) is 0 Å². The van der Waals surface area contributed by atoms with Crippen molar-refractivity contribution in [2.75, 3.05) is 5.73 Å². The third-order valence-corrected chi connectivity index (χ3v) is 2.70. The highest BCUT2D eigenvalue weighted by atomic mass is 19.1. The van der Waals surface area contributed by atoms with Crippen LogP contribution in [0, 0.1) is 5.82 Å². The number of nitrogens with zero attached hydrogens (tertiary/aromatic N) is 1. The molecule has 0 atom stereocenters. The van der Waals surface area contributed by atoms with E-state index in [4.69, 9.17) is 10.3 Å². The molecule has 0 amide bonds. The fourth-order valence-corrected chi connectivity index (χ4v) is 1.80. The van der Waals surface area contributed by atoms with E-state index in [1.807, 2.05) is 0 Å². The molecule has 0 bridgehead atoms. The van der Waals surface area contributed by atoms with Crippen molar-refractivity contribution < 1.29 is 8.91 Å². The lowest BCUT2D eigenvalue weighted by molar-refractivity contribution is 0.426. The zero-order valence-electron chi connectivity index (χ0n) is 9.74. The lowest BCUT2D eigenvalue weighted by atomic mass is 10.0. The molecule has 0 saturated heterocycles. The Balaban J connectivity index is 2.44. The monoisotopic (exact) mass is 234 g/mol. The number of benzene rings is 1. The quantitative estimate of drug-likeness (QED) is 0.882. The summed E-state index contributed by atoms with van der Waals surface area (Å²) in [7, 11) is 0. The third kappa shape index (κ3) is 2.30. The van der Waals surface area contributed by atoms with Crippen molar-refractivity contribution in [2.24, 2.45) is 0 Å². The van der Waals surface area contributed by atoms with E-state index in [1.165, 1.54) is 6.07 Å². The Hall–Kier alpha value is -1.84. The molecule has 4 heteroatoms. The second kappa shape index (κ2) is 4.99. The zero-order chi connectivity index (χ0) is 12.3. The Bertz CT molecular complexity index is 508. The Morgan fingerprint density at radius 3 is 2.82 bits per heavy atom. The number of aryl methyl sites for hydroxylation is 1. The molecule has 2 rings (SSSR count). The number of unbranched alkanes of at least 4 members (excludes halogenated alkanes) is 1. The molecular formula is C13H15FN2O. The largest absolute Gasteiger partial charge is 0.367 e. The molecule has 90 valence electrons. The van der Waals surface area contributed by atoms with E-state index in [1.54, 1.807) is 18.2 Å². The van der Waals surface area contributed by atoms with Crippen molar-refractivity contribution >= 4 is 5.88 Å². The van der Waals surface area contributed by atoms with Gasteiger partial charge in [0, 0.05) is 5.56 Å². The van der Waals surface area contributed by atoms with Gasteiger partial charge in [0.1, 0.15) is 5.82 Å². The summed E-state index contributed by atoms with van der Waals surface area (Å²) in [4.78, 5) is 0. The first kappa shape index (κ1) is 11.6. The van der Waals surface area contributed by atoms with Gasteiger partial charge in [0.25, 0.3) is 0 Å². The van der Waals surface area contributed by atoms with Gasteiger partial charge >= 0.3 is 0 Å². The van der Waals surface area contributed by atoms with Crippen molar-refractivity contribution in [1.82, 2.24) is 5.16 Å². The summed E-state index contributed by atoms with van der Waals surface area (Å²) >= 11 is 0. The van der Waals surface area contributed by atoms with E-state index in [9.17, 15) is 4.39 Å². The third-order valence-electron chi connectivity index (χ3n) is 2.70. The number of anilines is 1. The maximum absolute atomic E-state index is 13.7. The van der Waals surface area contributed by atoms with Gasteiger partial charge in [-0.3, -0.25) is 0 Å². The molecule has 0 aliphatic heterocycles. The van der Waals surface area contributed by atoms with Crippen LogP contribution in [-0.2, 0) is 6.42 Å². The summed E-state index contributed by atoms with van der Waals surface area (Å²) in [5.74, 6) is -0.124. The van der Waals surface area contributed by atoms with Crippen LogP contribution in [0.15, 0.2) is 28.8 Å². The smallest absolute Gasteiger partial charge is 0.230 e. The minimum Gasteiger partial charge on any atom is -0.367 e. The van der Waals surface area contributed by atoms with E-state index in [2.05, 4.69) is 12.1 Å². The first-order valence-corrected chi connectivity index (χ1v) is 5.73. The Labute approximate surface area is 99.4 Å². The molecule has 1 aromatic carbocycles. The fraction of sp³-hybridized carbons (Fsp3) is 0.308. The van der Waals surface area contributed by atoms with Gasteiger partial charge in [-0.2, -0.15) is 0 Å². The average molecular weight is 234 g/mol. The van der Waals surface area contributed by atoms with Gasteiger partial charge in [0.2, 0.25) is 5.88 Å². The topological polar surface area (TPSA) is 52.0 Å². The van der Waals surface area contributed by atoms with E-state index in [0.717, 1.165) is 25.0 Å².